The molecule has 0 spiro atoms. The van der Waals surface area contributed by atoms with Crippen LogP contribution in [0.3, 0.4) is 0 Å². The van der Waals surface area contributed by atoms with Crippen molar-refractivity contribution in [2.45, 2.75) is 37.6 Å². The largest absolute Gasteiger partial charge is 0.488 e. The van der Waals surface area contributed by atoms with Crippen LogP contribution in [-0.4, -0.2) is 28.3 Å². The fourth-order valence-corrected chi connectivity index (χ4v) is 2.85. The fraction of sp³-hybridized carbons (Fsp3) is 0.353. The Kier molecular flexibility index (Phi) is 4.93. The van der Waals surface area contributed by atoms with Gasteiger partial charge in [0.15, 0.2) is 0 Å². The Morgan fingerprint density at radius 2 is 2.00 bits per heavy atom. The number of rotatable bonds is 5. The van der Waals surface area contributed by atoms with Crippen LogP contribution >= 0.6 is 11.6 Å². The molecule has 1 saturated carbocycles. The summed E-state index contributed by atoms with van der Waals surface area (Å²) in [7, 11) is 0. The number of nitrogens with zero attached hydrogens (tertiary/aromatic N) is 1. The predicted octanol–water partition coefficient (Wildman–Crippen LogP) is 2.80. The molecule has 5 heteroatoms. The molecule has 22 heavy (non-hydrogen) atoms. The molecular formula is C17H19ClN2O2. The minimum absolute atomic E-state index is 0.0271. The summed E-state index contributed by atoms with van der Waals surface area (Å²) in [5, 5.41) is 14.4. The monoisotopic (exact) mass is 318 g/mol. The van der Waals surface area contributed by atoms with Crippen molar-refractivity contribution in [3.63, 3.8) is 0 Å². The molecule has 2 aromatic rings. The molecule has 1 aromatic carbocycles. The van der Waals surface area contributed by atoms with Crippen LogP contribution in [0, 0.1) is 0 Å². The Morgan fingerprint density at radius 1 is 1.18 bits per heavy atom. The van der Waals surface area contributed by atoms with E-state index in [0.717, 1.165) is 24.3 Å². The molecule has 1 aliphatic rings. The highest BCUT2D eigenvalue weighted by molar-refractivity contribution is 6.30. The Balaban J connectivity index is 1.53. The van der Waals surface area contributed by atoms with Crippen LogP contribution < -0.4 is 10.1 Å². The van der Waals surface area contributed by atoms with E-state index in [1.54, 1.807) is 18.3 Å². The van der Waals surface area contributed by atoms with Crippen molar-refractivity contribution in [2.24, 2.45) is 0 Å². The van der Waals surface area contributed by atoms with E-state index >= 15 is 0 Å². The third kappa shape index (κ3) is 3.77. The van der Waals surface area contributed by atoms with E-state index < -0.39 is 6.10 Å². The van der Waals surface area contributed by atoms with Crippen molar-refractivity contribution in [1.82, 2.24) is 10.3 Å². The van der Waals surface area contributed by atoms with Gasteiger partial charge in [-0.25, -0.2) is 0 Å². The second kappa shape index (κ2) is 7.09. The molecule has 3 atom stereocenters. The predicted molar refractivity (Wildman–Crippen MR) is 86.0 cm³/mol. The van der Waals surface area contributed by atoms with Crippen molar-refractivity contribution >= 4 is 11.6 Å². The number of ether oxygens (including phenoxy) is 1. The SMILES string of the molecule is O[C@@H]1[C@@H](NCc2ccccn2)CC[C@@H]1Oc1ccc(Cl)cc1. The summed E-state index contributed by atoms with van der Waals surface area (Å²) in [5.74, 6) is 0.735. The maximum absolute atomic E-state index is 10.4. The summed E-state index contributed by atoms with van der Waals surface area (Å²) >= 11 is 5.86. The van der Waals surface area contributed by atoms with Crippen molar-refractivity contribution in [3.8, 4) is 5.75 Å². The number of nitrogens with one attached hydrogen (secondary N) is 1. The first kappa shape index (κ1) is 15.3. The van der Waals surface area contributed by atoms with E-state index in [2.05, 4.69) is 10.3 Å². The highest BCUT2D eigenvalue weighted by Crippen LogP contribution is 2.26. The van der Waals surface area contributed by atoms with Crippen LogP contribution in [0.2, 0.25) is 5.02 Å². The van der Waals surface area contributed by atoms with Gasteiger partial charge in [0.05, 0.1) is 5.69 Å². The lowest BCUT2D eigenvalue weighted by Gasteiger charge is -2.21. The molecule has 1 aliphatic carbocycles. The van der Waals surface area contributed by atoms with Gasteiger partial charge in [-0.2, -0.15) is 0 Å². The lowest BCUT2D eigenvalue weighted by atomic mass is 10.2. The Morgan fingerprint density at radius 3 is 2.73 bits per heavy atom. The second-order valence-electron chi connectivity index (χ2n) is 5.49. The number of benzene rings is 1. The number of hydrogen-bond acceptors (Lipinski definition) is 4. The van der Waals surface area contributed by atoms with Crippen molar-refractivity contribution in [3.05, 3.63) is 59.4 Å². The normalized spacial score (nSPS) is 24.4. The van der Waals surface area contributed by atoms with Gasteiger partial charge in [0.25, 0.3) is 0 Å². The van der Waals surface area contributed by atoms with Crippen LogP contribution in [0.4, 0.5) is 0 Å². The van der Waals surface area contributed by atoms with Crippen LogP contribution in [0.1, 0.15) is 18.5 Å². The average Bonchev–Trinajstić information content (AvgIpc) is 2.89. The number of aromatic nitrogens is 1. The van der Waals surface area contributed by atoms with Crippen molar-refractivity contribution in [2.75, 3.05) is 0 Å². The summed E-state index contributed by atoms with van der Waals surface area (Å²) in [4.78, 5) is 4.27. The average molecular weight is 319 g/mol. The topological polar surface area (TPSA) is 54.4 Å². The van der Waals surface area contributed by atoms with E-state index in [0.29, 0.717) is 11.6 Å². The molecule has 3 rings (SSSR count). The molecule has 0 bridgehead atoms. The van der Waals surface area contributed by atoms with Gasteiger partial charge in [0.2, 0.25) is 0 Å². The second-order valence-corrected chi connectivity index (χ2v) is 5.92. The molecule has 0 radical (unpaired) electrons. The summed E-state index contributed by atoms with van der Waals surface area (Å²) < 4.78 is 5.86. The molecule has 4 nitrogen and oxygen atoms in total. The molecule has 0 aliphatic heterocycles. The minimum atomic E-state index is -0.528. The third-order valence-corrected chi connectivity index (χ3v) is 4.18. The Bertz CT molecular complexity index is 591. The van der Waals surface area contributed by atoms with Gasteiger partial charge < -0.3 is 15.2 Å². The summed E-state index contributed by atoms with van der Waals surface area (Å²) in [5.41, 5.74) is 0.969. The molecule has 116 valence electrons. The van der Waals surface area contributed by atoms with E-state index in [1.165, 1.54) is 0 Å². The number of halogens is 1. The summed E-state index contributed by atoms with van der Waals surface area (Å²) in [6.45, 7) is 0.649. The third-order valence-electron chi connectivity index (χ3n) is 3.93. The van der Waals surface area contributed by atoms with Gasteiger partial charge >= 0.3 is 0 Å². The zero-order valence-electron chi connectivity index (χ0n) is 12.2. The number of hydrogen-bond donors (Lipinski definition) is 2. The number of aliphatic hydroxyl groups is 1. The molecular weight excluding hydrogens is 300 g/mol. The Labute approximate surface area is 135 Å². The first-order valence-electron chi connectivity index (χ1n) is 7.46. The molecule has 2 N–H and O–H groups in total. The highest BCUT2D eigenvalue weighted by Gasteiger charge is 2.36. The maximum Gasteiger partial charge on any atom is 0.126 e. The highest BCUT2D eigenvalue weighted by atomic mass is 35.5. The van der Waals surface area contributed by atoms with E-state index in [4.69, 9.17) is 16.3 Å². The van der Waals surface area contributed by atoms with Crippen LogP contribution in [0.5, 0.6) is 5.75 Å². The molecule has 0 amide bonds. The van der Waals surface area contributed by atoms with Gasteiger partial charge in [0.1, 0.15) is 18.0 Å². The molecule has 1 heterocycles. The molecule has 1 fully saturated rings. The van der Waals surface area contributed by atoms with E-state index in [-0.39, 0.29) is 12.1 Å². The number of pyridine rings is 1. The smallest absolute Gasteiger partial charge is 0.126 e. The summed E-state index contributed by atoms with van der Waals surface area (Å²) in [6, 6.07) is 13.1. The van der Waals surface area contributed by atoms with Crippen molar-refractivity contribution in [1.29, 1.82) is 0 Å². The van der Waals surface area contributed by atoms with Gasteiger partial charge in [-0.15, -0.1) is 0 Å². The lowest BCUT2D eigenvalue weighted by molar-refractivity contribution is 0.0449. The molecule has 0 unspecified atom stereocenters. The van der Waals surface area contributed by atoms with Gasteiger partial charge in [-0.05, 0) is 49.2 Å². The Hall–Kier alpha value is -1.62. The van der Waals surface area contributed by atoms with Gasteiger partial charge in [0, 0.05) is 23.8 Å². The molecule has 1 aromatic heterocycles. The van der Waals surface area contributed by atoms with Crippen LogP contribution in [0.15, 0.2) is 48.7 Å². The first-order valence-corrected chi connectivity index (χ1v) is 7.84. The zero-order valence-corrected chi connectivity index (χ0v) is 12.9. The first-order chi connectivity index (χ1) is 10.7. The van der Waals surface area contributed by atoms with Crippen molar-refractivity contribution < 1.29 is 9.84 Å². The van der Waals surface area contributed by atoms with Crippen LogP contribution in [0.25, 0.3) is 0 Å². The van der Waals surface area contributed by atoms with E-state index in [1.807, 2.05) is 30.3 Å². The van der Waals surface area contributed by atoms with Gasteiger partial charge in [-0.1, -0.05) is 17.7 Å². The minimum Gasteiger partial charge on any atom is -0.488 e. The maximum atomic E-state index is 10.4. The zero-order chi connectivity index (χ0) is 15.4. The quantitative estimate of drug-likeness (QED) is 0.890. The van der Waals surface area contributed by atoms with E-state index in [9.17, 15) is 5.11 Å². The van der Waals surface area contributed by atoms with Gasteiger partial charge in [-0.3, -0.25) is 4.98 Å². The number of aliphatic hydroxyl groups excluding tert-OH is 1. The summed E-state index contributed by atoms with van der Waals surface area (Å²) in [6.07, 6.45) is 2.76. The fourth-order valence-electron chi connectivity index (χ4n) is 2.72. The van der Waals surface area contributed by atoms with Crippen LogP contribution in [-0.2, 0) is 6.54 Å². The molecule has 0 saturated heterocycles. The standard InChI is InChI=1S/C17H19ClN2O2/c18-12-4-6-14(7-5-12)22-16-9-8-15(17(16)21)20-11-13-3-1-2-10-19-13/h1-7,10,15-17,20-21H,8-9,11H2/t15-,16-,17+/m0/s1. The lowest BCUT2D eigenvalue weighted by Crippen LogP contribution is -2.41.